The Morgan fingerprint density at radius 2 is 2.29 bits per heavy atom. The molecule has 2 N–H and O–H groups in total. The van der Waals surface area contributed by atoms with E-state index >= 15 is 0 Å². The largest absolute Gasteiger partial charge is 0.488 e. The summed E-state index contributed by atoms with van der Waals surface area (Å²) in [6, 6.07) is 0. The molecule has 14 heavy (non-hydrogen) atoms. The first-order valence-electron chi connectivity index (χ1n) is 4.28. The van der Waals surface area contributed by atoms with Gasteiger partial charge in [-0.05, 0) is 35.4 Å². The lowest BCUT2D eigenvalue weighted by molar-refractivity contribution is 0.0995. The summed E-state index contributed by atoms with van der Waals surface area (Å²) in [6.07, 6.45) is 5.47. The Morgan fingerprint density at radius 3 is 2.86 bits per heavy atom. The van der Waals surface area contributed by atoms with Gasteiger partial charge in [-0.15, -0.1) is 0 Å². The van der Waals surface area contributed by atoms with E-state index in [2.05, 4.69) is 4.98 Å². The lowest BCUT2D eigenvalue weighted by Crippen LogP contribution is -2.15. The van der Waals surface area contributed by atoms with E-state index in [1.54, 1.807) is 12.4 Å². The standard InChI is InChI=1S/C9H9IN2O2/c10-6-3-12-4-7(8(6)9(11)13)14-5-1-2-5/h3-5H,1-2H2,(H2,11,13). The summed E-state index contributed by atoms with van der Waals surface area (Å²) in [5, 5.41) is 0. The molecular formula is C9H9IN2O2. The fourth-order valence-electron chi connectivity index (χ4n) is 1.11. The van der Waals surface area contributed by atoms with E-state index in [-0.39, 0.29) is 6.10 Å². The predicted octanol–water partition coefficient (Wildman–Crippen LogP) is 1.33. The topological polar surface area (TPSA) is 65.2 Å². The van der Waals surface area contributed by atoms with Gasteiger partial charge < -0.3 is 10.5 Å². The van der Waals surface area contributed by atoms with E-state index < -0.39 is 5.91 Å². The van der Waals surface area contributed by atoms with Crippen molar-refractivity contribution in [2.24, 2.45) is 5.73 Å². The Labute approximate surface area is 95.0 Å². The highest BCUT2D eigenvalue weighted by Crippen LogP contribution is 2.30. The number of carbonyl (C=O) groups is 1. The highest BCUT2D eigenvalue weighted by molar-refractivity contribution is 14.1. The van der Waals surface area contributed by atoms with Crippen LogP contribution in [0.1, 0.15) is 23.2 Å². The highest BCUT2D eigenvalue weighted by atomic mass is 127. The van der Waals surface area contributed by atoms with Gasteiger partial charge in [0.1, 0.15) is 0 Å². The molecule has 74 valence electrons. The van der Waals surface area contributed by atoms with E-state index in [9.17, 15) is 4.79 Å². The van der Waals surface area contributed by atoms with Crippen LogP contribution < -0.4 is 10.5 Å². The van der Waals surface area contributed by atoms with Gasteiger partial charge in [0.05, 0.1) is 17.9 Å². The third-order valence-corrected chi connectivity index (χ3v) is 2.75. The van der Waals surface area contributed by atoms with E-state index in [0.717, 1.165) is 16.4 Å². The molecule has 1 aliphatic carbocycles. The normalized spacial score (nSPS) is 15.2. The highest BCUT2D eigenvalue weighted by Gasteiger charge is 2.26. The summed E-state index contributed by atoms with van der Waals surface area (Å²) in [5.41, 5.74) is 5.70. The molecule has 1 saturated carbocycles. The van der Waals surface area contributed by atoms with Crippen LogP contribution in [0.4, 0.5) is 0 Å². The van der Waals surface area contributed by atoms with E-state index in [4.69, 9.17) is 10.5 Å². The van der Waals surface area contributed by atoms with Crippen LogP contribution in [0.5, 0.6) is 5.75 Å². The number of ether oxygens (including phenoxy) is 1. The fraction of sp³-hybridized carbons (Fsp3) is 0.333. The van der Waals surface area contributed by atoms with Crippen molar-refractivity contribution in [3.8, 4) is 5.75 Å². The minimum absolute atomic E-state index is 0.244. The van der Waals surface area contributed by atoms with Crippen LogP contribution in [-0.4, -0.2) is 17.0 Å². The second-order valence-electron chi connectivity index (χ2n) is 3.18. The molecule has 0 aliphatic heterocycles. The van der Waals surface area contributed by atoms with Crippen molar-refractivity contribution in [3.05, 3.63) is 21.5 Å². The lowest BCUT2D eigenvalue weighted by atomic mass is 10.2. The molecule has 2 rings (SSSR count). The van der Waals surface area contributed by atoms with Gasteiger partial charge in [-0.2, -0.15) is 0 Å². The molecule has 1 aliphatic rings. The third-order valence-electron chi connectivity index (χ3n) is 1.93. The molecule has 0 bridgehead atoms. The number of aromatic nitrogens is 1. The Morgan fingerprint density at radius 1 is 1.57 bits per heavy atom. The molecule has 0 aromatic carbocycles. The summed E-state index contributed by atoms with van der Waals surface area (Å²) in [7, 11) is 0. The van der Waals surface area contributed by atoms with E-state index in [1.165, 1.54) is 0 Å². The van der Waals surface area contributed by atoms with Crippen LogP contribution in [-0.2, 0) is 0 Å². The molecule has 1 amide bonds. The average molecular weight is 304 g/mol. The van der Waals surface area contributed by atoms with Gasteiger partial charge in [-0.3, -0.25) is 9.78 Å². The summed E-state index contributed by atoms with van der Waals surface area (Å²) in [6.45, 7) is 0. The molecule has 4 nitrogen and oxygen atoms in total. The SMILES string of the molecule is NC(=O)c1c(I)cncc1OC1CC1. The van der Waals surface area contributed by atoms with Crippen molar-refractivity contribution in [1.29, 1.82) is 0 Å². The van der Waals surface area contributed by atoms with Crippen LogP contribution >= 0.6 is 22.6 Å². The Hall–Kier alpha value is -0.850. The van der Waals surface area contributed by atoms with Crippen molar-refractivity contribution in [2.75, 3.05) is 0 Å². The summed E-state index contributed by atoms with van der Waals surface area (Å²) < 4.78 is 6.26. The second kappa shape index (κ2) is 3.72. The molecule has 1 fully saturated rings. The van der Waals surface area contributed by atoms with Crippen molar-refractivity contribution in [3.63, 3.8) is 0 Å². The predicted molar refractivity (Wildman–Crippen MR) is 59.1 cm³/mol. The van der Waals surface area contributed by atoms with Gasteiger partial charge in [-0.25, -0.2) is 0 Å². The molecule has 0 spiro atoms. The first-order chi connectivity index (χ1) is 6.68. The van der Waals surface area contributed by atoms with Crippen LogP contribution in [0.2, 0.25) is 0 Å². The van der Waals surface area contributed by atoms with Gasteiger partial charge in [0.25, 0.3) is 5.91 Å². The van der Waals surface area contributed by atoms with Crippen molar-refractivity contribution < 1.29 is 9.53 Å². The number of amides is 1. The Bertz CT molecular complexity index is 377. The van der Waals surface area contributed by atoms with Crippen molar-refractivity contribution in [1.82, 2.24) is 4.98 Å². The average Bonchev–Trinajstić information content (AvgIpc) is 2.87. The maximum atomic E-state index is 11.2. The smallest absolute Gasteiger partial charge is 0.253 e. The first-order valence-corrected chi connectivity index (χ1v) is 5.36. The zero-order valence-electron chi connectivity index (χ0n) is 7.37. The number of nitrogens with two attached hydrogens (primary N) is 1. The quantitative estimate of drug-likeness (QED) is 0.857. The molecule has 0 radical (unpaired) electrons. The van der Waals surface area contributed by atoms with Crippen LogP contribution in [0.25, 0.3) is 0 Å². The fourth-order valence-corrected chi connectivity index (χ4v) is 1.80. The zero-order chi connectivity index (χ0) is 10.1. The maximum absolute atomic E-state index is 11.2. The maximum Gasteiger partial charge on any atom is 0.253 e. The zero-order valence-corrected chi connectivity index (χ0v) is 9.52. The Balaban J connectivity index is 2.35. The summed E-state index contributed by atoms with van der Waals surface area (Å²) in [5.74, 6) is 0.0411. The molecule has 1 aromatic heterocycles. The number of carbonyl (C=O) groups excluding carboxylic acids is 1. The second-order valence-corrected chi connectivity index (χ2v) is 4.34. The molecular weight excluding hydrogens is 295 g/mol. The number of halogens is 1. The Kier molecular flexibility index (Phi) is 2.58. The van der Waals surface area contributed by atoms with Crippen molar-refractivity contribution in [2.45, 2.75) is 18.9 Å². The number of hydrogen-bond acceptors (Lipinski definition) is 3. The molecule has 5 heteroatoms. The summed E-state index contributed by atoms with van der Waals surface area (Å²) >= 11 is 2.03. The number of hydrogen-bond donors (Lipinski definition) is 1. The first kappa shape index (κ1) is 9.70. The van der Waals surface area contributed by atoms with Gasteiger partial charge >= 0.3 is 0 Å². The number of nitrogens with zero attached hydrogens (tertiary/aromatic N) is 1. The molecule has 0 atom stereocenters. The van der Waals surface area contributed by atoms with Gasteiger partial charge in [-0.1, -0.05) is 0 Å². The molecule has 0 saturated heterocycles. The minimum Gasteiger partial charge on any atom is -0.488 e. The van der Waals surface area contributed by atoms with E-state index in [1.807, 2.05) is 22.6 Å². The number of primary amides is 1. The number of rotatable bonds is 3. The molecule has 1 heterocycles. The van der Waals surface area contributed by atoms with Gasteiger partial charge in [0.15, 0.2) is 5.75 Å². The van der Waals surface area contributed by atoms with Crippen molar-refractivity contribution >= 4 is 28.5 Å². The van der Waals surface area contributed by atoms with Crippen LogP contribution in [0, 0.1) is 3.57 Å². The van der Waals surface area contributed by atoms with Crippen LogP contribution in [0.3, 0.4) is 0 Å². The van der Waals surface area contributed by atoms with Crippen LogP contribution in [0.15, 0.2) is 12.4 Å². The van der Waals surface area contributed by atoms with Gasteiger partial charge in [0.2, 0.25) is 0 Å². The number of pyridine rings is 1. The lowest BCUT2D eigenvalue weighted by Gasteiger charge is -2.08. The van der Waals surface area contributed by atoms with Gasteiger partial charge in [0, 0.05) is 9.77 Å². The minimum atomic E-state index is -0.465. The molecule has 1 aromatic rings. The summed E-state index contributed by atoms with van der Waals surface area (Å²) in [4.78, 5) is 15.1. The third kappa shape index (κ3) is 1.97. The van der Waals surface area contributed by atoms with E-state index in [0.29, 0.717) is 11.3 Å². The monoisotopic (exact) mass is 304 g/mol. The molecule has 0 unspecified atom stereocenters.